The molecule has 5 aliphatic heterocycles. The third kappa shape index (κ3) is 9.76. The maximum Gasteiger partial charge on any atom is 0.119 e. The van der Waals surface area contributed by atoms with Crippen molar-refractivity contribution in [1.29, 1.82) is 0 Å². The topological polar surface area (TPSA) is 133 Å². The molecule has 4 aromatic rings. The summed E-state index contributed by atoms with van der Waals surface area (Å²) in [6.45, 7) is 0. The van der Waals surface area contributed by atoms with E-state index in [4.69, 9.17) is 18.9 Å². The van der Waals surface area contributed by atoms with E-state index in [1.165, 1.54) is 0 Å². The monoisotopic (exact) mass is 1120 g/mol. The normalized spacial score (nSPS) is 42.1. The van der Waals surface area contributed by atoms with Gasteiger partial charge in [-0.1, -0.05) is 72.8 Å². The van der Waals surface area contributed by atoms with Crippen molar-refractivity contribution >= 4 is 0 Å². The van der Waals surface area contributed by atoms with Crippen LogP contribution < -0.4 is 61.5 Å². The van der Waals surface area contributed by atoms with Crippen molar-refractivity contribution in [1.82, 2.24) is 42.5 Å². The fourth-order valence-electron chi connectivity index (χ4n) is 15.0. The van der Waals surface area contributed by atoms with Crippen LogP contribution in [0.2, 0.25) is 0 Å². The number of hydrogen-bond donors (Lipinski definition) is 8. The zero-order chi connectivity index (χ0) is 45.0. The van der Waals surface area contributed by atoms with E-state index >= 15 is 0 Å². The molecule has 13 heteroatoms. The van der Waals surface area contributed by atoms with Gasteiger partial charge in [-0.25, -0.2) is 0 Å². The Kier molecular flexibility index (Phi) is 13.8. The van der Waals surface area contributed by atoms with Crippen LogP contribution in [0.5, 0.6) is 23.0 Å². The second-order valence-corrected chi connectivity index (χ2v) is 21.9. The number of ether oxygens (including phenoxy) is 4. The molecule has 4 aromatic carbocycles. The number of nitrogens with one attached hydrogen (secondary N) is 8. The van der Waals surface area contributed by atoms with Crippen molar-refractivity contribution in [2.45, 2.75) is 151 Å². The van der Waals surface area contributed by atoms with Gasteiger partial charge in [0.1, 0.15) is 23.0 Å². The molecule has 13 rings (SSSR count). The SMILES string of the molecule is [Pt].c1ccc(OC2CCC3C4NC(NC5NC(NC6NC(NC7NC(N4)C4CC(Oc8ccccc8)CCC74)C4CC(Oc7ccccc7)CCC64)C4CC(Oc6ccccc6)CCC54)C3C2)cc1. The molecule has 4 saturated carbocycles. The molecular formula is C56H72N8O4Pt. The summed E-state index contributed by atoms with van der Waals surface area (Å²) in [5, 5.41) is 34.4. The van der Waals surface area contributed by atoms with Crippen LogP contribution in [0.3, 0.4) is 0 Å². The van der Waals surface area contributed by atoms with E-state index in [-0.39, 0.29) is 94.8 Å². The predicted octanol–water partition coefficient (Wildman–Crippen LogP) is 6.83. The minimum Gasteiger partial charge on any atom is -0.490 e. The first-order valence-corrected chi connectivity index (χ1v) is 26.6. The van der Waals surface area contributed by atoms with Gasteiger partial charge in [0.2, 0.25) is 0 Å². The molecule has 9 aliphatic rings. The molecule has 5 heterocycles. The van der Waals surface area contributed by atoms with Gasteiger partial charge in [-0.05, 0) is 173 Å². The minimum atomic E-state index is 0. The van der Waals surface area contributed by atoms with Gasteiger partial charge in [0, 0.05) is 21.1 Å². The van der Waals surface area contributed by atoms with Gasteiger partial charge < -0.3 is 18.9 Å². The van der Waals surface area contributed by atoms with Gasteiger partial charge in [-0.15, -0.1) is 0 Å². The van der Waals surface area contributed by atoms with E-state index in [1.54, 1.807) is 0 Å². The number of fused-ring (bicyclic) bond motifs is 20. The Balaban J connectivity index is 0.00000492. The summed E-state index contributed by atoms with van der Waals surface area (Å²) in [6, 6.07) is 41.9. The standard InChI is InChI=1S/C56H72N8O4.Pt/c1-5-13-33(14-6-1)65-37-21-25-41-45(29-37)53-57-49(41)62-54-47-31-39(67-35-17-9-3-10-18-35)23-27-43(47)51(59-54)64-56-48-32-40(68-36-19-11-4-12-20-36)24-28-44(48)52(60-56)63-55-46-30-38(66-34-15-7-2-8-16-34)22-26-42(46)50(58-55)61-53;/h1-20,37-64H,21-32H2;. The average molecular weight is 1120 g/mol. The van der Waals surface area contributed by atoms with Crippen molar-refractivity contribution < 1.29 is 40.0 Å². The summed E-state index contributed by atoms with van der Waals surface area (Å²) in [7, 11) is 0. The van der Waals surface area contributed by atoms with Crippen LogP contribution in [0, 0.1) is 47.3 Å². The van der Waals surface area contributed by atoms with Crippen molar-refractivity contribution in [2.75, 3.05) is 0 Å². The van der Waals surface area contributed by atoms with E-state index in [0.717, 1.165) is 100 Å². The first-order chi connectivity index (χ1) is 33.6. The Hall–Kier alpha value is -3.55. The Morgan fingerprint density at radius 3 is 0.638 bits per heavy atom. The third-order valence-corrected chi connectivity index (χ3v) is 18.1. The fourth-order valence-corrected chi connectivity index (χ4v) is 15.0. The summed E-state index contributed by atoms with van der Waals surface area (Å²) >= 11 is 0. The maximum absolute atomic E-state index is 6.76. The Morgan fingerprint density at radius 1 is 0.246 bits per heavy atom. The molecule has 0 aromatic heterocycles. The van der Waals surface area contributed by atoms with Crippen LogP contribution in [0.15, 0.2) is 121 Å². The molecular weight excluding hydrogens is 1040 g/mol. The molecule has 12 atom stereocenters. The van der Waals surface area contributed by atoms with E-state index in [1.807, 2.05) is 0 Å². The third-order valence-electron chi connectivity index (χ3n) is 18.1. The van der Waals surface area contributed by atoms with Crippen molar-refractivity contribution in [3.8, 4) is 23.0 Å². The minimum absolute atomic E-state index is 0. The summed E-state index contributed by atoms with van der Waals surface area (Å²) < 4.78 is 27.0. The Morgan fingerprint density at radius 2 is 0.435 bits per heavy atom. The van der Waals surface area contributed by atoms with Crippen LogP contribution in [-0.4, -0.2) is 73.7 Å². The summed E-state index contributed by atoms with van der Waals surface area (Å²) in [4.78, 5) is 0. The second-order valence-electron chi connectivity index (χ2n) is 21.9. The molecule has 69 heavy (non-hydrogen) atoms. The van der Waals surface area contributed by atoms with Crippen LogP contribution in [0.1, 0.15) is 77.0 Å². The fraction of sp³-hybridized carbons (Fsp3) is 0.571. The molecule has 12 nitrogen and oxygen atoms in total. The number of hydrogen-bond acceptors (Lipinski definition) is 12. The molecule has 0 amide bonds. The van der Waals surface area contributed by atoms with Gasteiger partial charge in [0.05, 0.1) is 73.7 Å². The van der Waals surface area contributed by atoms with E-state index in [9.17, 15) is 0 Å². The van der Waals surface area contributed by atoms with Crippen LogP contribution in [-0.2, 0) is 21.1 Å². The number of rotatable bonds is 8. The zero-order valence-corrected chi connectivity index (χ0v) is 41.8. The largest absolute Gasteiger partial charge is 0.490 e. The quantitative estimate of drug-likeness (QED) is 0.0942. The molecule has 0 spiro atoms. The Labute approximate surface area is 422 Å². The molecule has 4 aliphatic carbocycles. The van der Waals surface area contributed by atoms with Gasteiger partial charge in [0.15, 0.2) is 0 Å². The van der Waals surface area contributed by atoms with E-state index in [2.05, 4.69) is 164 Å². The van der Waals surface area contributed by atoms with Gasteiger partial charge in [0.25, 0.3) is 0 Å². The van der Waals surface area contributed by atoms with Crippen molar-refractivity contribution in [2.24, 2.45) is 47.3 Å². The van der Waals surface area contributed by atoms with E-state index in [0.29, 0.717) is 47.3 Å². The van der Waals surface area contributed by atoms with Crippen molar-refractivity contribution in [3.05, 3.63) is 121 Å². The molecule has 370 valence electrons. The number of benzene rings is 4. The molecule has 5 saturated heterocycles. The van der Waals surface area contributed by atoms with Crippen LogP contribution in [0.4, 0.5) is 0 Å². The van der Waals surface area contributed by atoms with Gasteiger partial charge in [-0.2, -0.15) is 0 Å². The molecule has 8 N–H and O–H groups in total. The smallest absolute Gasteiger partial charge is 0.119 e. The predicted molar refractivity (Wildman–Crippen MR) is 262 cm³/mol. The summed E-state index contributed by atoms with van der Waals surface area (Å²) in [5.41, 5.74) is 0. The van der Waals surface area contributed by atoms with Crippen LogP contribution >= 0.6 is 0 Å². The molecule has 9 fully saturated rings. The van der Waals surface area contributed by atoms with Gasteiger partial charge in [-0.3, -0.25) is 42.5 Å². The van der Waals surface area contributed by atoms with Gasteiger partial charge >= 0.3 is 0 Å². The van der Waals surface area contributed by atoms with Crippen molar-refractivity contribution in [3.63, 3.8) is 0 Å². The molecule has 8 bridgehead atoms. The first kappa shape index (κ1) is 46.5. The molecule has 12 unspecified atom stereocenters. The Bertz CT molecular complexity index is 1960. The molecule has 0 radical (unpaired) electrons. The summed E-state index contributed by atoms with van der Waals surface area (Å²) in [5.74, 6) is 7.41. The number of para-hydroxylation sites is 4. The first-order valence-electron chi connectivity index (χ1n) is 26.6. The summed E-state index contributed by atoms with van der Waals surface area (Å²) in [6.07, 6.45) is 14.6. The average Bonchev–Trinajstić information content (AvgIpc) is 4.10. The maximum atomic E-state index is 6.76. The van der Waals surface area contributed by atoms with Crippen LogP contribution in [0.25, 0.3) is 0 Å². The van der Waals surface area contributed by atoms with E-state index < -0.39 is 0 Å². The zero-order valence-electron chi connectivity index (χ0n) is 39.5. The second kappa shape index (κ2) is 20.5.